The molecule has 0 bridgehead atoms. The topological polar surface area (TPSA) is 18.5 Å². The quantitative estimate of drug-likeness (QED) is 0.130. The Morgan fingerprint density at radius 2 is 0.833 bits per heavy atom. The molecule has 0 spiro atoms. The molecule has 0 aliphatic carbocycles. The first-order valence-corrected chi connectivity index (χ1v) is 15.0. The zero-order valence-corrected chi connectivity index (χ0v) is 23.6. The Morgan fingerprint density at radius 1 is 0.444 bits per heavy atom. The number of rotatable bonds is 18. The Kier molecular flexibility index (Phi) is 12.4. The largest absolute Gasteiger partial charge is 0.489 e. The lowest BCUT2D eigenvalue weighted by molar-refractivity contribution is 0.293. The predicted molar refractivity (Wildman–Crippen MR) is 158 cm³/mol. The fourth-order valence-corrected chi connectivity index (χ4v) is 5.38. The summed E-state index contributed by atoms with van der Waals surface area (Å²) >= 11 is 0. The van der Waals surface area contributed by atoms with Crippen LogP contribution in [0.1, 0.15) is 116 Å². The lowest BCUT2D eigenvalue weighted by Gasteiger charge is -2.19. The van der Waals surface area contributed by atoms with Gasteiger partial charge in [0.1, 0.15) is 0 Å². The lowest BCUT2D eigenvalue weighted by atomic mass is 9.94. The first-order valence-electron chi connectivity index (χ1n) is 15.0. The summed E-state index contributed by atoms with van der Waals surface area (Å²) in [6.07, 6.45) is 18.2. The van der Waals surface area contributed by atoms with Gasteiger partial charge >= 0.3 is 0 Å². The zero-order valence-electron chi connectivity index (χ0n) is 23.6. The summed E-state index contributed by atoms with van der Waals surface area (Å²) in [5.41, 5.74) is 2.81. The van der Waals surface area contributed by atoms with Gasteiger partial charge in [-0.2, -0.15) is 0 Å². The zero-order chi connectivity index (χ0) is 25.6. The van der Waals surface area contributed by atoms with Crippen molar-refractivity contribution < 1.29 is 9.47 Å². The van der Waals surface area contributed by atoms with E-state index in [1.807, 2.05) is 0 Å². The summed E-state index contributed by atoms with van der Waals surface area (Å²) < 4.78 is 12.6. The van der Waals surface area contributed by atoms with Gasteiger partial charge in [-0.3, -0.25) is 0 Å². The van der Waals surface area contributed by atoms with Crippen molar-refractivity contribution in [3.63, 3.8) is 0 Å². The summed E-state index contributed by atoms with van der Waals surface area (Å²) in [7, 11) is 0. The monoisotopic (exact) mass is 490 g/mol. The van der Waals surface area contributed by atoms with Gasteiger partial charge in [0, 0.05) is 10.8 Å². The van der Waals surface area contributed by atoms with E-state index in [1.54, 1.807) is 0 Å². The normalized spacial score (nSPS) is 11.4. The Hall–Kier alpha value is -2.22. The highest BCUT2D eigenvalue weighted by molar-refractivity contribution is 6.14. The van der Waals surface area contributed by atoms with E-state index in [9.17, 15) is 0 Å². The number of hydrogen-bond donors (Lipinski definition) is 0. The molecular formula is C34H50O2. The van der Waals surface area contributed by atoms with Gasteiger partial charge in [-0.1, -0.05) is 102 Å². The molecule has 0 aliphatic heterocycles. The third-order valence-corrected chi connectivity index (χ3v) is 7.37. The molecule has 198 valence electrons. The predicted octanol–water partition coefficient (Wildman–Crippen LogP) is 10.6. The van der Waals surface area contributed by atoms with Crippen molar-refractivity contribution in [1.29, 1.82) is 0 Å². The first kappa shape index (κ1) is 28.4. The van der Waals surface area contributed by atoms with Gasteiger partial charge in [-0.25, -0.2) is 0 Å². The molecule has 0 saturated heterocycles. The van der Waals surface area contributed by atoms with E-state index in [0.717, 1.165) is 24.3 Å². The SMILES string of the molecule is CCCCCCCCc1ccc2c(c1)c(OCC)c(OCC)c1cc(CCCCCCCC)ccc12. The third-order valence-electron chi connectivity index (χ3n) is 7.37. The molecule has 0 radical (unpaired) electrons. The maximum atomic E-state index is 6.29. The van der Waals surface area contributed by atoms with Crippen LogP contribution in [0.4, 0.5) is 0 Å². The lowest BCUT2D eigenvalue weighted by Crippen LogP contribution is -2.01. The Balaban J connectivity index is 1.88. The smallest absolute Gasteiger partial charge is 0.169 e. The van der Waals surface area contributed by atoms with E-state index in [1.165, 1.54) is 110 Å². The van der Waals surface area contributed by atoms with Crippen LogP contribution < -0.4 is 9.47 Å². The van der Waals surface area contributed by atoms with Gasteiger partial charge in [0.05, 0.1) is 13.2 Å². The molecule has 0 atom stereocenters. The molecule has 0 aromatic heterocycles. The van der Waals surface area contributed by atoms with Crippen LogP contribution in [0.25, 0.3) is 21.5 Å². The van der Waals surface area contributed by atoms with Gasteiger partial charge in [0.25, 0.3) is 0 Å². The second-order valence-corrected chi connectivity index (χ2v) is 10.3. The van der Waals surface area contributed by atoms with E-state index in [4.69, 9.17) is 9.47 Å². The summed E-state index contributed by atoms with van der Waals surface area (Å²) in [6, 6.07) is 14.0. The fraction of sp³-hybridized carbons (Fsp3) is 0.588. The number of unbranched alkanes of at least 4 members (excludes halogenated alkanes) is 10. The highest BCUT2D eigenvalue weighted by Crippen LogP contribution is 2.44. The fourth-order valence-electron chi connectivity index (χ4n) is 5.38. The average molecular weight is 491 g/mol. The molecule has 3 aromatic rings. The maximum absolute atomic E-state index is 6.29. The molecule has 0 aliphatic rings. The number of ether oxygens (including phenoxy) is 2. The minimum atomic E-state index is 0.639. The van der Waals surface area contributed by atoms with Crippen molar-refractivity contribution in [2.24, 2.45) is 0 Å². The van der Waals surface area contributed by atoms with Crippen molar-refractivity contribution in [1.82, 2.24) is 0 Å². The van der Waals surface area contributed by atoms with Gasteiger partial charge in [0.15, 0.2) is 11.5 Å². The summed E-state index contributed by atoms with van der Waals surface area (Å²) in [4.78, 5) is 0. The highest BCUT2D eigenvalue weighted by atomic mass is 16.5. The molecule has 0 N–H and O–H groups in total. The summed E-state index contributed by atoms with van der Waals surface area (Å²) in [5.74, 6) is 1.84. The average Bonchev–Trinajstić information content (AvgIpc) is 2.90. The summed E-state index contributed by atoms with van der Waals surface area (Å²) in [5, 5.41) is 4.93. The number of benzene rings is 3. The molecule has 36 heavy (non-hydrogen) atoms. The molecule has 3 aromatic carbocycles. The van der Waals surface area contributed by atoms with Crippen LogP contribution in [0.2, 0.25) is 0 Å². The minimum Gasteiger partial charge on any atom is -0.489 e. The van der Waals surface area contributed by atoms with Crippen molar-refractivity contribution in [3.05, 3.63) is 47.5 Å². The molecule has 2 heteroatoms. The first-order chi connectivity index (χ1) is 17.7. The Labute approximate surface area is 220 Å². The van der Waals surface area contributed by atoms with Crippen LogP contribution in [-0.4, -0.2) is 13.2 Å². The van der Waals surface area contributed by atoms with Crippen LogP contribution in [0.15, 0.2) is 36.4 Å². The minimum absolute atomic E-state index is 0.639. The summed E-state index contributed by atoms with van der Waals surface area (Å²) in [6.45, 7) is 9.98. The second kappa shape index (κ2) is 15.8. The van der Waals surface area contributed by atoms with Crippen LogP contribution in [-0.2, 0) is 12.8 Å². The third kappa shape index (κ3) is 7.89. The second-order valence-electron chi connectivity index (χ2n) is 10.3. The van der Waals surface area contributed by atoms with E-state index < -0.39 is 0 Å². The molecule has 0 unspecified atom stereocenters. The van der Waals surface area contributed by atoms with Gasteiger partial charge < -0.3 is 9.47 Å². The van der Waals surface area contributed by atoms with Crippen molar-refractivity contribution in [3.8, 4) is 11.5 Å². The maximum Gasteiger partial charge on any atom is 0.169 e. The van der Waals surface area contributed by atoms with Crippen LogP contribution in [0.3, 0.4) is 0 Å². The molecule has 2 nitrogen and oxygen atoms in total. The van der Waals surface area contributed by atoms with Crippen LogP contribution >= 0.6 is 0 Å². The standard InChI is InChI=1S/C34H50O2/c1-5-9-11-13-15-17-19-27-21-23-29-30-24-22-28(20-18-16-14-12-10-6-2)26-32(30)34(36-8-4)33(35-7-3)31(29)25-27/h21-26H,5-20H2,1-4H3. The number of fused-ring (bicyclic) bond motifs is 3. The van der Waals surface area contributed by atoms with Crippen molar-refractivity contribution >= 4 is 21.5 Å². The van der Waals surface area contributed by atoms with Crippen molar-refractivity contribution in [2.45, 2.75) is 118 Å². The molecular weight excluding hydrogens is 440 g/mol. The van der Waals surface area contributed by atoms with Gasteiger partial charge in [-0.05, 0) is 73.6 Å². The van der Waals surface area contributed by atoms with E-state index in [-0.39, 0.29) is 0 Å². The molecule has 0 fully saturated rings. The Bertz CT molecular complexity index is 967. The van der Waals surface area contributed by atoms with Gasteiger partial charge in [0.2, 0.25) is 0 Å². The molecule has 0 heterocycles. The number of hydrogen-bond acceptors (Lipinski definition) is 2. The van der Waals surface area contributed by atoms with Gasteiger partial charge in [-0.15, -0.1) is 0 Å². The molecule has 0 saturated carbocycles. The Morgan fingerprint density at radius 3 is 1.22 bits per heavy atom. The van der Waals surface area contributed by atoms with Crippen molar-refractivity contribution in [2.75, 3.05) is 13.2 Å². The van der Waals surface area contributed by atoms with Crippen LogP contribution in [0, 0.1) is 0 Å². The van der Waals surface area contributed by atoms with E-state index in [0.29, 0.717) is 13.2 Å². The van der Waals surface area contributed by atoms with E-state index in [2.05, 4.69) is 64.1 Å². The molecule has 3 rings (SSSR count). The highest BCUT2D eigenvalue weighted by Gasteiger charge is 2.18. The number of aryl methyl sites for hydroxylation is 2. The molecule has 0 amide bonds. The van der Waals surface area contributed by atoms with E-state index >= 15 is 0 Å². The van der Waals surface area contributed by atoms with Crippen LogP contribution in [0.5, 0.6) is 11.5 Å².